The van der Waals surface area contributed by atoms with Crippen molar-refractivity contribution in [2.24, 2.45) is 0 Å². The maximum absolute atomic E-state index is 14.4. The summed E-state index contributed by atoms with van der Waals surface area (Å²) < 4.78 is 0. The van der Waals surface area contributed by atoms with Crippen LogP contribution >= 0.6 is 0 Å². The number of carbonyl (C=O) groups is 1. The molecule has 1 atom stereocenters. The third kappa shape index (κ3) is 3.23. The van der Waals surface area contributed by atoms with Crippen molar-refractivity contribution in [2.75, 3.05) is 5.32 Å². The van der Waals surface area contributed by atoms with E-state index in [1.165, 1.54) is 11.1 Å². The lowest BCUT2D eigenvalue weighted by atomic mass is 9.77. The number of carbonyl (C=O) groups excluding carboxylic acids is 1. The summed E-state index contributed by atoms with van der Waals surface area (Å²) in [6.45, 7) is 4.31. The predicted molar refractivity (Wildman–Crippen MR) is 144 cm³/mol. The summed E-state index contributed by atoms with van der Waals surface area (Å²) in [4.78, 5) is 18.1. The minimum atomic E-state index is -1.03. The minimum Gasteiger partial charge on any atom is -0.365 e. The third-order valence-corrected chi connectivity index (χ3v) is 7.36. The van der Waals surface area contributed by atoms with Gasteiger partial charge in [-0.15, -0.1) is 0 Å². The Labute approximate surface area is 205 Å². The Morgan fingerprint density at radius 3 is 2.03 bits per heavy atom. The first kappa shape index (κ1) is 21.4. The van der Waals surface area contributed by atoms with E-state index in [0.29, 0.717) is 0 Å². The van der Waals surface area contributed by atoms with Gasteiger partial charge in [-0.2, -0.15) is 0 Å². The molecule has 3 nitrogen and oxygen atoms in total. The number of aryl methyl sites for hydroxylation is 2. The number of ketones is 1. The SMILES string of the molecule is CCc1ccc(-c2[nH]c3ccccc3c2C2(c3ccc(CC)cc3)Nc3ccccc3C2=O)cc1. The summed E-state index contributed by atoms with van der Waals surface area (Å²) in [6, 6.07) is 33.3. The van der Waals surface area contributed by atoms with Crippen LogP contribution in [0.5, 0.6) is 0 Å². The molecule has 6 rings (SSSR count). The van der Waals surface area contributed by atoms with Crippen molar-refractivity contribution in [1.29, 1.82) is 0 Å². The number of fused-ring (bicyclic) bond motifs is 2. The predicted octanol–water partition coefficient (Wildman–Crippen LogP) is 7.51. The van der Waals surface area contributed by atoms with Gasteiger partial charge in [-0.3, -0.25) is 4.79 Å². The van der Waals surface area contributed by atoms with Crippen LogP contribution in [0.15, 0.2) is 97.1 Å². The first-order valence-electron chi connectivity index (χ1n) is 12.4. The zero-order chi connectivity index (χ0) is 24.0. The van der Waals surface area contributed by atoms with E-state index in [1.54, 1.807) is 0 Å². The van der Waals surface area contributed by atoms with Crippen molar-refractivity contribution in [2.45, 2.75) is 32.2 Å². The molecule has 3 heteroatoms. The molecule has 0 bridgehead atoms. The van der Waals surface area contributed by atoms with Crippen LogP contribution < -0.4 is 5.32 Å². The van der Waals surface area contributed by atoms with E-state index < -0.39 is 5.54 Å². The Morgan fingerprint density at radius 1 is 0.714 bits per heavy atom. The molecule has 1 aromatic heterocycles. The average Bonchev–Trinajstić information content (AvgIpc) is 3.45. The number of rotatable bonds is 5. The largest absolute Gasteiger partial charge is 0.365 e. The molecule has 2 N–H and O–H groups in total. The van der Waals surface area contributed by atoms with Crippen molar-refractivity contribution in [3.8, 4) is 11.3 Å². The number of H-pyrrole nitrogens is 1. The Hall–Kier alpha value is -4.11. The Balaban J connectivity index is 1.68. The highest BCUT2D eigenvalue weighted by molar-refractivity contribution is 6.18. The summed E-state index contributed by atoms with van der Waals surface area (Å²) in [5, 5.41) is 4.76. The van der Waals surface area contributed by atoms with Gasteiger partial charge >= 0.3 is 0 Å². The fourth-order valence-corrected chi connectivity index (χ4v) is 5.42. The fraction of sp³-hybridized carbons (Fsp3) is 0.156. The normalized spacial score (nSPS) is 16.9. The molecule has 0 amide bonds. The van der Waals surface area contributed by atoms with Crippen molar-refractivity contribution < 1.29 is 4.79 Å². The van der Waals surface area contributed by atoms with Gasteiger partial charge in [0.25, 0.3) is 0 Å². The summed E-state index contributed by atoms with van der Waals surface area (Å²) >= 11 is 0. The van der Waals surface area contributed by atoms with Gasteiger partial charge in [0.2, 0.25) is 0 Å². The van der Waals surface area contributed by atoms with E-state index in [1.807, 2.05) is 36.4 Å². The number of nitrogens with one attached hydrogen (secondary N) is 2. The zero-order valence-corrected chi connectivity index (χ0v) is 20.1. The van der Waals surface area contributed by atoms with Crippen molar-refractivity contribution in [3.05, 3.63) is 125 Å². The lowest BCUT2D eigenvalue weighted by Crippen LogP contribution is -2.40. The van der Waals surface area contributed by atoms with Crippen LogP contribution in [0.25, 0.3) is 22.2 Å². The van der Waals surface area contributed by atoms with Crippen LogP contribution in [0.2, 0.25) is 0 Å². The van der Waals surface area contributed by atoms with Crippen LogP contribution in [-0.4, -0.2) is 10.8 Å². The van der Waals surface area contributed by atoms with Crippen LogP contribution in [0.1, 0.15) is 46.5 Å². The molecule has 172 valence electrons. The van der Waals surface area contributed by atoms with E-state index in [2.05, 4.69) is 84.8 Å². The molecule has 0 saturated carbocycles. The quantitative estimate of drug-likeness (QED) is 0.287. The number of hydrogen-bond donors (Lipinski definition) is 2. The second kappa shape index (κ2) is 8.28. The number of hydrogen-bond acceptors (Lipinski definition) is 2. The molecule has 0 aliphatic carbocycles. The number of anilines is 1. The second-order valence-corrected chi connectivity index (χ2v) is 9.27. The molecule has 2 heterocycles. The molecular formula is C32H28N2O. The zero-order valence-electron chi connectivity index (χ0n) is 20.1. The van der Waals surface area contributed by atoms with E-state index in [9.17, 15) is 4.79 Å². The molecule has 1 unspecified atom stereocenters. The maximum atomic E-state index is 14.4. The van der Waals surface area contributed by atoms with E-state index in [0.717, 1.165) is 57.4 Å². The topological polar surface area (TPSA) is 44.9 Å². The van der Waals surface area contributed by atoms with E-state index >= 15 is 0 Å². The van der Waals surface area contributed by atoms with Gasteiger partial charge in [0.15, 0.2) is 11.3 Å². The molecule has 0 radical (unpaired) electrons. The monoisotopic (exact) mass is 456 g/mol. The molecular weight excluding hydrogens is 428 g/mol. The Morgan fingerprint density at radius 2 is 1.34 bits per heavy atom. The highest BCUT2D eigenvalue weighted by atomic mass is 16.1. The Bertz CT molecular complexity index is 1540. The highest BCUT2D eigenvalue weighted by Crippen LogP contribution is 2.49. The van der Waals surface area contributed by atoms with Crippen LogP contribution in [0, 0.1) is 0 Å². The summed E-state index contributed by atoms with van der Waals surface area (Å²) in [5.74, 6) is 0.0773. The third-order valence-electron chi connectivity index (χ3n) is 7.36. The van der Waals surface area contributed by atoms with Gasteiger partial charge in [-0.25, -0.2) is 0 Å². The summed E-state index contributed by atoms with van der Waals surface area (Å²) in [5.41, 5.74) is 8.10. The molecule has 5 aromatic rings. The molecule has 0 spiro atoms. The number of benzene rings is 4. The first-order chi connectivity index (χ1) is 17.2. The van der Waals surface area contributed by atoms with E-state index in [-0.39, 0.29) is 5.78 Å². The van der Waals surface area contributed by atoms with E-state index in [4.69, 9.17) is 0 Å². The second-order valence-electron chi connectivity index (χ2n) is 9.27. The molecule has 0 saturated heterocycles. The average molecular weight is 457 g/mol. The van der Waals surface area contributed by atoms with Gasteiger partial charge < -0.3 is 10.3 Å². The van der Waals surface area contributed by atoms with Gasteiger partial charge in [0.1, 0.15) is 0 Å². The molecule has 4 aromatic carbocycles. The van der Waals surface area contributed by atoms with Crippen molar-refractivity contribution in [1.82, 2.24) is 4.98 Å². The summed E-state index contributed by atoms with van der Waals surface area (Å²) in [7, 11) is 0. The Kier molecular flexibility index (Phi) is 5.07. The van der Waals surface area contributed by atoms with Crippen molar-refractivity contribution in [3.63, 3.8) is 0 Å². The van der Waals surface area contributed by atoms with Gasteiger partial charge in [-0.1, -0.05) is 92.7 Å². The molecule has 1 aliphatic heterocycles. The lowest BCUT2D eigenvalue weighted by Gasteiger charge is -2.31. The lowest BCUT2D eigenvalue weighted by molar-refractivity contribution is 0.0942. The number of Topliss-reactive ketones (excluding diaryl/α,β-unsaturated/α-hetero) is 1. The van der Waals surface area contributed by atoms with Crippen LogP contribution in [0.4, 0.5) is 5.69 Å². The molecule has 1 aliphatic rings. The smallest absolute Gasteiger partial charge is 0.199 e. The molecule has 0 fully saturated rings. The van der Waals surface area contributed by atoms with Crippen LogP contribution in [-0.2, 0) is 18.4 Å². The minimum absolute atomic E-state index is 0.0773. The fourth-order valence-electron chi connectivity index (χ4n) is 5.42. The number of para-hydroxylation sites is 2. The maximum Gasteiger partial charge on any atom is 0.199 e. The van der Waals surface area contributed by atoms with Gasteiger partial charge in [0.05, 0.1) is 5.69 Å². The molecule has 35 heavy (non-hydrogen) atoms. The van der Waals surface area contributed by atoms with Gasteiger partial charge in [-0.05, 0) is 53.3 Å². The van der Waals surface area contributed by atoms with Gasteiger partial charge in [0, 0.05) is 27.7 Å². The first-order valence-corrected chi connectivity index (χ1v) is 12.4. The number of aromatic nitrogens is 1. The highest BCUT2D eigenvalue weighted by Gasteiger charge is 2.50. The standard InChI is InChI=1S/C32H28N2O/c1-3-21-13-17-23(18-14-21)30-29(25-9-5-7-11-27(25)33-30)32(24-19-15-22(4-2)16-20-24)31(35)26-10-6-8-12-28(26)34-32/h5-20,33-34H,3-4H2,1-2H3. The number of aromatic amines is 1. The summed E-state index contributed by atoms with van der Waals surface area (Å²) in [6.07, 6.45) is 1.94. The van der Waals surface area contributed by atoms with Crippen LogP contribution in [0.3, 0.4) is 0 Å². The van der Waals surface area contributed by atoms with Crippen molar-refractivity contribution >= 4 is 22.4 Å².